The van der Waals surface area contributed by atoms with E-state index in [9.17, 15) is 18.0 Å². The van der Waals surface area contributed by atoms with E-state index in [0.717, 1.165) is 17.8 Å². The molecule has 27 heavy (non-hydrogen) atoms. The second-order valence-electron chi connectivity index (χ2n) is 6.26. The van der Waals surface area contributed by atoms with Crippen LogP contribution >= 0.6 is 0 Å². The van der Waals surface area contributed by atoms with Gasteiger partial charge in [0.2, 0.25) is 5.82 Å². The summed E-state index contributed by atoms with van der Waals surface area (Å²) < 4.78 is 40.5. The number of nitrogens with one attached hydrogen (secondary N) is 1. The molecule has 10 heteroatoms. The van der Waals surface area contributed by atoms with E-state index in [1.807, 2.05) is 0 Å². The van der Waals surface area contributed by atoms with Crippen LogP contribution in [0.4, 0.5) is 24.5 Å². The third-order valence-electron chi connectivity index (χ3n) is 3.88. The highest BCUT2D eigenvalue weighted by Crippen LogP contribution is 2.35. The Labute approximate surface area is 152 Å². The summed E-state index contributed by atoms with van der Waals surface area (Å²) in [5.41, 5.74) is 1.02. The standard InChI is InChI=1S/C17H17F3N6O/c1-9-7-10(2)26-16(21-9)23-14(24-26)15(27)22-12-8-11(17(18,19)20)5-6-13(12)25(3)4/h5-8H,1-4H3,(H,22,27). The lowest BCUT2D eigenvalue weighted by atomic mass is 10.1. The zero-order valence-corrected chi connectivity index (χ0v) is 15.1. The summed E-state index contributed by atoms with van der Waals surface area (Å²) in [6, 6.07) is 4.92. The molecule has 0 aliphatic rings. The normalized spacial score (nSPS) is 11.7. The molecule has 1 N–H and O–H groups in total. The molecule has 0 saturated carbocycles. The minimum absolute atomic E-state index is 0.0135. The van der Waals surface area contributed by atoms with Gasteiger partial charge in [-0.1, -0.05) is 0 Å². The van der Waals surface area contributed by atoms with Crippen LogP contribution in [0.15, 0.2) is 24.3 Å². The van der Waals surface area contributed by atoms with Crippen LogP contribution in [0.2, 0.25) is 0 Å². The molecule has 0 radical (unpaired) electrons. The number of carbonyl (C=O) groups excluding carboxylic acids is 1. The van der Waals surface area contributed by atoms with Crippen LogP contribution < -0.4 is 10.2 Å². The van der Waals surface area contributed by atoms with Gasteiger partial charge in [-0.25, -0.2) is 9.50 Å². The van der Waals surface area contributed by atoms with E-state index >= 15 is 0 Å². The fourth-order valence-corrected chi connectivity index (χ4v) is 2.64. The van der Waals surface area contributed by atoms with Gasteiger partial charge in [0, 0.05) is 25.5 Å². The number of anilines is 2. The van der Waals surface area contributed by atoms with Gasteiger partial charge in [0.05, 0.1) is 16.9 Å². The number of halogens is 3. The maximum absolute atomic E-state index is 13.0. The van der Waals surface area contributed by atoms with Crippen LogP contribution in [0.25, 0.3) is 5.78 Å². The van der Waals surface area contributed by atoms with Crippen molar-refractivity contribution in [2.24, 2.45) is 0 Å². The minimum Gasteiger partial charge on any atom is -0.376 e. The molecule has 0 atom stereocenters. The molecule has 7 nitrogen and oxygen atoms in total. The smallest absolute Gasteiger partial charge is 0.376 e. The Kier molecular flexibility index (Phi) is 4.50. The van der Waals surface area contributed by atoms with E-state index in [1.54, 1.807) is 38.9 Å². The summed E-state index contributed by atoms with van der Waals surface area (Å²) in [4.78, 5) is 22.4. The predicted molar refractivity (Wildman–Crippen MR) is 94.0 cm³/mol. The number of alkyl halides is 3. The van der Waals surface area contributed by atoms with Crippen molar-refractivity contribution in [2.45, 2.75) is 20.0 Å². The first-order chi connectivity index (χ1) is 12.6. The first kappa shape index (κ1) is 18.6. The van der Waals surface area contributed by atoms with Gasteiger partial charge < -0.3 is 10.2 Å². The largest absolute Gasteiger partial charge is 0.416 e. The van der Waals surface area contributed by atoms with Crippen LogP contribution in [0.5, 0.6) is 0 Å². The summed E-state index contributed by atoms with van der Waals surface area (Å²) in [6.45, 7) is 3.57. The second-order valence-corrected chi connectivity index (χ2v) is 6.26. The Morgan fingerprint density at radius 1 is 1.15 bits per heavy atom. The number of aromatic nitrogens is 4. The Hall–Kier alpha value is -3.17. The molecule has 2 aromatic heterocycles. The Morgan fingerprint density at radius 3 is 2.48 bits per heavy atom. The third kappa shape index (κ3) is 3.69. The topological polar surface area (TPSA) is 75.4 Å². The van der Waals surface area contributed by atoms with Crippen molar-refractivity contribution in [1.29, 1.82) is 0 Å². The Balaban J connectivity index is 1.99. The van der Waals surface area contributed by atoms with E-state index in [1.165, 1.54) is 10.6 Å². The number of rotatable bonds is 3. The summed E-state index contributed by atoms with van der Waals surface area (Å²) in [7, 11) is 3.33. The number of fused-ring (bicyclic) bond motifs is 1. The zero-order chi connectivity index (χ0) is 19.9. The molecule has 0 saturated heterocycles. The summed E-state index contributed by atoms with van der Waals surface area (Å²) in [5, 5.41) is 6.56. The van der Waals surface area contributed by atoms with Crippen LogP contribution in [0.3, 0.4) is 0 Å². The molecule has 0 aliphatic heterocycles. The van der Waals surface area contributed by atoms with Crippen molar-refractivity contribution < 1.29 is 18.0 Å². The average Bonchev–Trinajstić information content (AvgIpc) is 2.98. The molecule has 142 valence electrons. The number of hydrogen-bond acceptors (Lipinski definition) is 5. The number of amides is 1. The molecule has 0 fully saturated rings. The maximum Gasteiger partial charge on any atom is 0.416 e. The van der Waals surface area contributed by atoms with Gasteiger partial charge in [-0.05, 0) is 38.1 Å². The van der Waals surface area contributed by atoms with Crippen molar-refractivity contribution in [3.05, 3.63) is 47.0 Å². The van der Waals surface area contributed by atoms with E-state index in [-0.39, 0.29) is 17.3 Å². The molecule has 2 heterocycles. The highest BCUT2D eigenvalue weighted by atomic mass is 19.4. The first-order valence-corrected chi connectivity index (χ1v) is 7.97. The average molecular weight is 378 g/mol. The lowest BCUT2D eigenvalue weighted by Crippen LogP contribution is -2.19. The lowest BCUT2D eigenvalue weighted by molar-refractivity contribution is -0.137. The molecular weight excluding hydrogens is 361 g/mol. The van der Waals surface area contributed by atoms with Crippen LogP contribution in [0, 0.1) is 13.8 Å². The highest BCUT2D eigenvalue weighted by molar-refractivity contribution is 6.03. The monoisotopic (exact) mass is 378 g/mol. The molecule has 1 aromatic carbocycles. The number of nitrogens with zero attached hydrogens (tertiary/aromatic N) is 5. The summed E-state index contributed by atoms with van der Waals surface area (Å²) in [5.74, 6) is -0.659. The van der Waals surface area contributed by atoms with Crippen molar-refractivity contribution in [3.63, 3.8) is 0 Å². The summed E-state index contributed by atoms with van der Waals surface area (Å²) >= 11 is 0. The quantitative estimate of drug-likeness (QED) is 0.758. The van der Waals surface area contributed by atoms with E-state index in [0.29, 0.717) is 11.4 Å². The van der Waals surface area contributed by atoms with Crippen LogP contribution in [-0.4, -0.2) is 39.6 Å². The number of aryl methyl sites for hydroxylation is 2. The molecule has 3 aromatic rings. The number of benzene rings is 1. The van der Waals surface area contributed by atoms with Gasteiger partial charge in [0.25, 0.3) is 11.7 Å². The first-order valence-electron chi connectivity index (χ1n) is 7.97. The Bertz CT molecular complexity index is 1030. The van der Waals surface area contributed by atoms with E-state index in [2.05, 4.69) is 20.4 Å². The molecular formula is C17H17F3N6O. The lowest BCUT2D eigenvalue weighted by Gasteiger charge is -2.19. The molecule has 0 aliphatic carbocycles. The Morgan fingerprint density at radius 2 is 1.85 bits per heavy atom. The molecule has 0 bridgehead atoms. The van der Waals surface area contributed by atoms with Gasteiger partial charge in [0.15, 0.2) is 0 Å². The fraction of sp³-hybridized carbons (Fsp3) is 0.294. The highest BCUT2D eigenvalue weighted by Gasteiger charge is 2.31. The number of carbonyl (C=O) groups is 1. The van der Waals surface area contributed by atoms with Crippen molar-refractivity contribution in [2.75, 3.05) is 24.3 Å². The second kappa shape index (κ2) is 6.53. The fourth-order valence-electron chi connectivity index (χ4n) is 2.64. The van der Waals surface area contributed by atoms with Gasteiger partial charge in [-0.15, -0.1) is 5.10 Å². The summed E-state index contributed by atoms with van der Waals surface area (Å²) in [6.07, 6.45) is -4.52. The van der Waals surface area contributed by atoms with Crippen molar-refractivity contribution in [1.82, 2.24) is 19.6 Å². The van der Waals surface area contributed by atoms with Gasteiger partial charge in [-0.2, -0.15) is 18.2 Å². The van der Waals surface area contributed by atoms with Crippen LogP contribution in [-0.2, 0) is 6.18 Å². The number of hydrogen-bond donors (Lipinski definition) is 1. The minimum atomic E-state index is -4.52. The molecule has 0 unspecified atom stereocenters. The maximum atomic E-state index is 13.0. The molecule has 3 rings (SSSR count). The van der Waals surface area contributed by atoms with Crippen molar-refractivity contribution in [3.8, 4) is 0 Å². The van der Waals surface area contributed by atoms with Crippen molar-refractivity contribution >= 4 is 23.1 Å². The molecule has 0 spiro atoms. The van der Waals surface area contributed by atoms with Gasteiger partial charge in [0.1, 0.15) is 0 Å². The van der Waals surface area contributed by atoms with Crippen LogP contribution in [0.1, 0.15) is 27.6 Å². The van der Waals surface area contributed by atoms with E-state index in [4.69, 9.17) is 0 Å². The van der Waals surface area contributed by atoms with Gasteiger partial charge in [-0.3, -0.25) is 4.79 Å². The van der Waals surface area contributed by atoms with E-state index < -0.39 is 17.6 Å². The SMILES string of the molecule is Cc1cc(C)n2nc(C(=O)Nc3cc(C(F)(F)F)ccc3N(C)C)nc2n1. The van der Waals surface area contributed by atoms with Gasteiger partial charge >= 0.3 is 6.18 Å². The zero-order valence-electron chi connectivity index (χ0n) is 15.1. The predicted octanol–water partition coefficient (Wildman–Crippen LogP) is 3.08. The third-order valence-corrected chi connectivity index (χ3v) is 3.88. The molecule has 1 amide bonds.